The maximum Gasteiger partial charge on any atom is 0.303 e. The van der Waals surface area contributed by atoms with E-state index in [0.717, 1.165) is 75.6 Å². The zero-order valence-electron chi connectivity index (χ0n) is 28.2. The van der Waals surface area contributed by atoms with Gasteiger partial charge in [0.1, 0.15) is 5.75 Å². The van der Waals surface area contributed by atoms with Crippen LogP contribution in [0.5, 0.6) is 5.75 Å². The second-order valence-electron chi connectivity index (χ2n) is 14.3. The van der Waals surface area contributed by atoms with Gasteiger partial charge in [-0.05, 0) is 86.0 Å². The molecular weight excluding hydrogens is 614 g/mol. The number of amides is 2. The molecule has 0 radical (unpaired) electrons. The van der Waals surface area contributed by atoms with Crippen molar-refractivity contribution in [1.29, 1.82) is 0 Å². The van der Waals surface area contributed by atoms with E-state index in [0.29, 0.717) is 24.9 Å². The number of likely N-dealkylation sites (tertiary alicyclic amines) is 1. The molecule has 252 valence electrons. The molecule has 4 atom stereocenters. The summed E-state index contributed by atoms with van der Waals surface area (Å²) < 4.78 is 36.8. The molecule has 1 aromatic heterocycles. The fourth-order valence-corrected chi connectivity index (χ4v) is 9.18. The van der Waals surface area contributed by atoms with E-state index in [4.69, 9.17) is 4.74 Å². The van der Waals surface area contributed by atoms with Crippen molar-refractivity contribution < 1.29 is 22.7 Å². The van der Waals surface area contributed by atoms with Crippen LogP contribution in [0.1, 0.15) is 74.5 Å². The summed E-state index contributed by atoms with van der Waals surface area (Å²) in [5.74, 6) is -0.671. The van der Waals surface area contributed by atoms with Crippen LogP contribution in [-0.4, -0.2) is 93.3 Å². The number of hydrogen-bond donors (Lipinski definition) is 1. The molecule has 3 aliphatic carbocycles. The summed E-state index contributed by atoms with van der Waals surface area (Å²) >= 11 is 0. The zero-order valence-corrected chi connectivity index (χ0v) is 29.0. The first-order valence-corrected chi connectivity index (χ1v) is 18.5. The third-order valence-electron chi connectivity index (χ3n) is 11.3. The average molecular weight is 662 g/mol. The van der Waals surface area contributed by atoms with E-state index in [2.05, 4.69) is 45.5 Å². The lowest BCUT2D eigenvalue weighted by atomic mass is 9.76. The van der Waals surface area contributed by atoms with Gasteiger partial charge in [0.05, 0.1) is 24.5 Å². The molecule has 1 aromatic carbocycles. The summed E-state index contributed by atoms with van der Waals surface area (Å²) in [5.41, 5.74) is 5.89. The number of hydrogen-bond acceptors (Lipinski definition) is 6. The molecule has 11 heteroatoms. The first kappa shape index (κ1) is 32.2. The molecule has 2 aliphatic heterocycles. The average Bonchev–Trinajstić information content (AvgIpc) is 3.50. The predicted octanol–water partition coefficient (Wildman–Crippen LogP) is 4.61. The van der Waals surface area contributed by atoms with E-state index < -0.39 is 22.0 Å². The Kier molecular flexibility index (Phi) is 8.37. The van der Waals surface area contributed by atoms with Gasteiger partial charge in [-0.3, -0.25) is 9.59 Å². The number of rotatable bonds is 8. The van der Waals surface area contributed by atoms with Crippen molar-refractivity contribution in [1.82, 2.24) is 23.4 Å². The van der Waals surface area contributed by atoms with Gasteiger partial charge in [-0.25, -0.2) is 4.72 Å². The number of carbonyl (C=O) groups excluding carboxylic acids is 2. The molecule has 1 N–H and O–H groups in total. The van der Waals surface area contributed by atoms with Gasteiger partial charge in [0.25, 0.3) is 0 Å². The molecule has 0 bridgehead atoms. The Morgan fingerprint density at radius 3 is 2.51 bits per heavy atom. The fourth-order valence-electron chi connectivity index (χ4n) is 8.63. The van der Waals surface area contributed by atoms with Crippen molar-refractivity contribution in [3.05, 3.63) is 58.3 Å². The van der Waals surface area contributed by atoms with Crippen LogP contribution in [0.25, 0.3) is 17.1 Å². The maximum absolute atomic E-state index is 14.5. The molecule has 2 amide bonds. The summed E-state index contributed by atoms with van der Waals surface area (Å²) in [5, 5.41) is 1.00. The molecule has 3 unspecified atom stereocenters. The largest absolute Gasteiger partial charge is 0.496 e. The van der Waals surface area contributed by atoms with Gasteiger partial charge in [-0.1, -0.05) is 37.5 Å². The van der Waals surface area contributed by atoms with Crippen LogP contribution in [0.3, 0.4) is 0 Å². The second kappa shape index (κ2) is 12.2. The Bertz CT molecular complexity index is 1820. The number of aromatic nitrogens is 1. The Hall–Kier alpha value is -3.41. The quantitative estimate of drug-likeness (QED) is 0.443. The van der Waals surface area contributed by atoms with Gasteiger partial charge < -0.3 is 19.1 Å². The number of benzene rings is 1. The highest BCUT2D eigenvalue weighted by molar-refractivity contribution is 7.87. The molecule has 2 aromatic rings. The smallest absolute Gasteiger partial charge is 0.303 e. The van der Waals surface area contributed by atoms with Crippen LogP contribution in [-0.2, 0) is 19.8 Å². The summed E-state index contributed by atoms with van der Waals surface area (Å²) in [6.45, 7) is 1.72. The SMILES string of the molecule is COc1ccc(C2CCCCC2)c2c1cc1n2C=C2C(=C3C=CC[C@@H](C(=O)N(C)CC4CCCN4C)C31)C2C(=O)NS(=O)(=O)N(C)C. The van der Waals surface area contributed by atoms with Crippen LogP contribution >= 0.6 is 0 Å². The number of nitrogens with zero attached hydrogens (tertiary/aromatic N) is 4. The number of likely N-dealkylation sites (N-methyl/N-ethyl adjacent to an activating group) is 2. The Balaban J connectivity index is 1.38. The molecule has 10 nitrogen and oxygen atoms in total. The Morgan fingerprint density at radius 1 is 1.06 bits per heavy atom. The van der Waals surface area contributed by atoms with Crippen molar-refractivity contribution in [2.45, 2.75) is 69.2 Å². The van der Waals surface area contributed by atoms with E-state index in [1.807, 2.05) is 24.2 Å². The molecule has 1 saturated heterocycles. The minimum atomic E-state index is -3.97. The van der Waals surface area contributed by atoms with Gasteiger partial charge in [0.15, 0.2) is 0 Å². The molecule has 2 saturated carbocycles. The molecule has 0 spiro atoms. The lowest BCUT2D eigenvalue weighted by molar-refractivity contribution is -0.135. The molecule has 3 fully saturated rings. The van der Waals surface area contributed by atoms with Crippen LogP contribution in [0, 0.1) is 11.8 Å². The third kappa shape index (κ3) is 5.54. The Labute approximate surface area is 278 Å². The summed E-state index contributed by atoms with van der Waals surface area (Å²) in [6.07, 6.45) is 14.8. The number of allylic oxidation sites excluding steroid dienone is 3. The monoisotopic (exact) mass is 661 g/mol. The highest BCUT2D eigenvalue weighted by atomic mass is 32.2. The van der Waals surface area contributed by atoms with Crippen LogP contribution in [0.15, 0.2) is 47.1 Å². The van der Waals surface area contributed by atoms with E-state index in [9.17, 15) is 18.0 Å². The minimum Gasteiger partial charge on any atom is -0.496 e. The first-order chi connectivity index (χ1) is 22.5. The standard InChI is InChI=1S/C36H47N5O5S/c1-38(2)47(44,45)37-35(42)33-28-21-41-29(19-27-30(46-5)17-16-24(34(27)41)22-11-7-6-8-12-22)31-25(32(28)33)14-9-15-26(31)36(43)40(4)20-23-13-10-18-39(23)3/h9,14,16-17,19,21-23,26,31,33H,6-8,10-13,15,18,20H2,1-5H3,(H,37,42)/t23?,26-,31?,33?/m1/s1. The number of fused-ring (bicyclic) bond motifs is 6. The molecule has 5 aliphatic rings. The lowest BCUT2D eigenvalue weighted by Gasteiger charge is -2.34. The van der Waals surface area contributed by atoms with Crippen LogP contribution < -0.4 is 9.46 Å². The maximum atomic E-state index is 14.5. The molecule has 3 heterocycles. The summed E-state index contributed by atoms with van der Waals surface area (Å²) in [6, 6.07) is 6.80. The van der Waals surface area contributed by atoms with Crippen molar-refractivity contribution in [3.8, 4) is 5.75 Å². The second-order valence-corrected chi connectivity index (χ2v) is 16.1. The van der Waals surface area contributed by atoms with E-state index in [1.54, 1.807) is 7.11 Å². The molecular formula is C36H47N5O5S. The zero-order chi connectivity index (χ0) is 33.2. The van der Waals surface area contributed by atoms with Crippen LogP contribution in [0.4, 0.5) is 0 Å². The number of ether oxygens (including phenoxy) is 1. The third-order valence-corrected chi connectivity index (χ3v) is 12.7. The highest BCUT2D eigenvalue weighted by Gasteiger charge is 2.52. The topological polar surface area (TPSA) is 104 Å². The Morgan fingerprint density at radius 2 is 1.83 bits per heavy atom. The minimum absolute atomic E-state index is 0.0920. The van der Waals surface area contributed by atoms with Crippen LogP contribution in [0.2, 0.25) is 0 Å². The fraction of sp³-hybridized carbons (Fsp3) is 0.556. The first-order valence-electron chi connectivity index (χ1n) is 17.1. The van der Waals surface area contributed by atoms with E-state index >= 15 is 0 Å². The van der Waals surface area contributed by atoms with Crippen molar-refractivity contribution in [3.63, 3.8) is 0 Å². The van der Waals surface area contributed by atoms with Gasteiger partial charge in [0, 0.05) is 56.9 Å². The number of nitrogens with one attached hydrogen (secondary N) is 1. The molecule has 7 rings (SSSR count). The highest BCUT2D eigenvalue weighted by Crippen LogP contribution is 2.57. The van der Waals surface area contributed by atoms with Crippen molar-refractivity contribution >= 4 is 39.1 Å². The van der Waals surface area contributed by atoms with Crippen molar-refractivity contribution in [2.24, 2.45) is 11.8 Å². The summed E-state index contributed by atoms with van der Waals surface area (Å²) in [4.78, 5) is 32.3. The van der Waals surface area contributed by atoms with Gasteiger partial charge in [-0.2, -0.15) is 12.7 Å². The normalized spacial score (nSPS) is 26.0. The predicted molar refractivity (Wildman–Crippen MR) is 183 cm³/mol. The number of carbonyl (C=O) groups is 2. The molecule has 47 heavy (non-hydrogen) atoms. The van der Waals surface area contributed by atoms with E-state index in [-0.39, 0.29) is 17.7 Å². The van der Waals surface area contributed by atoms with Crippen molar-refractivity contribution in [2.75, 3.05) is 48.4 Å². The van der Waals surface area contributed by atoms with Gasteiger partial charge >= 0.3 is 10.2 Å². The summed E-state index contributed by atoms with van der Waals surface area (Å²) in [7, 11) is 4.56. The van der Waals surface area contributed by atoms with Gasteiger partial charge in [0.2, 0.25) is 11.8 Å². The van der Waals surface area contributed by atoms with Gasteiger partial charge in [-0.15, -0.1) is 0 Å². The number of methoxy groups -OCH3 is 1. The lowest BCUT2D eigenvalue weighted by Crippen LogP contribution is -2.43. The van der Waals surface area contributed by atoms with E-state index in [1.165, 1.54) is 38.9 Å².